The first kappa shape index (κ1) is 35.7. The molecule has 0 heterocycles. The lowest BCUT2D eigenvalue weighted by Gasteiger charge is -1.83. The largest absolute Gasteiger partial charge is 0.399 e. The molecule has 0 aromatic heterocycles. The highest BCUT2D eigenvalue weighted by molar-refractivity contribution is 5.36. The van der Waals surface area contributed by atoms with Crippen LogP contribution in [0.1, 0.15) is 73.8 Å². The van der Waals surface area contributed by atoms with Crippen molar-refractivity contribution in [2.45, 2.75) is 75.2 Å². The number of nitrogen functional groups attached to an aromatic ring is 2. The fraction of sp³-hybridized carbons (Fsp3) is 0.379. The van der Waals surface area contributed by atoms with Crippen LogP contribution in [0.3, 0.4) is 0 Å². The van der Waals surface area contributed by atoms with Crippen LogP contribution in [-0.4, -0.2) is 0 Å². The van der Waals surface area contributed by atoms with E-state index < -0.39 is 0 Å². The van der Waals surface area contributed by atoms with Crippen LogP contribution in [0.2, 0.25) is 0 Å². The third kappa shape index (κ3) is 38.5. The molecule has 0 bridgehead atoms. The van der Waals surface area contributed by atoms with Crippen LogP contribution in [0, 0.1) is 6.92 Å². The van der Waals surface area contributed by atoms with Gasteiger partial charge >= 0.3 is 0 Å². The second-order valence-electron chi connectivity index (χ2n) is 5.89. The standard InChI is InChI=1S/C7H8.2C6H7N.2C3H8.2C2H6/c1-7-5-3-2-4-6-7;2*7-6-4-2-1-3-5-6;2*1-3-2;2*1-2/h2-6H,1H3;2*1-5H,7H2;2*3H2,1-2H3;2*1-2H3. The smallest absolute Gasteiger partial charge is 0.0313 e. The van der Waals surface area contributed by atoms with Gasteiger partial charge in [0.05, 0.1) is 0 Å². The number of aryl methyl sites for hydroxylation is 1. The molecule has 0 aliphatic heterocycles. The Morgan fingerprint density at radius 3 is 0.742 bits per heavy atom. The van der Waals surface area contributed by atoms with Gasteiger partial charge in [0.1, 0.15) is 0 Å². The minimum absolute atomic E-state index is 0.822. The van der Waals surface area contributed by atoms with Crippen LogP contribution in [0.4, 0.5) is 11.4 Å². The summed E-state index contributed by atoms with van der Waals surface area (Å²) in [6.45, 7) is 18.6. The van der Waals surface area contributed by atoms with Crippen LogP contribution >= 0.6 is 0 Å². The van der Waals surface area contributed by atoms with E-state index in [1.54, 1.807) is 0 Å². The third-order valence-electron chi connectivity index (χ3n) is 2.54. The average Bonchev–Trinajstić information content (AvgIpc) is 2.80. The van der Waals surface area contributed by atoms with Crippen LogP contribution in [0.5, 0.6) is 0 Å². The normalized spacial score (nSPS) is 7.39. The Morgan fingerprint density at radius 2 is 0.645 bits per heavy atom. The van der Waals surface area contributed by atoms with E-state index in [2.05, 4.69) is 46.8 Å². The van der Waals surface area contributed by atoms with E-state index in [-0.39, 0.29) is 0 Å². The first-order valence-corrected chi connectivity index (χ1v) is 11.6. The van der Waals surface area contributed by atoms with Gasteiger partial charge in [-0.05, 0) is 31.2 Å². The molecule has 0 saturated heterocycles. The predicted molar refractivity (Wildman–Crippen MR) is 148 cm³/mol. The number of hydrogen-bond acceptors (Lipinski definition) is 2. The molecule has 3 aromatic rings. The molecule has 4 N–H and O–H groups in total. The molecule has 176 valence electrons. The molecule has 0 amide bonds. The zero-order valence-electron chi connectivity index (χ0n) is 21.7. The lowest BCUT2D eigenvalue weighted by Crippen LogP contribution is -1.79. The van der Waals surface area contributed by atoms with Gasteiger partial charge in [0.15, 0.2) is 0 Å². The van der Waals surface area contributed by atoms with Gasteiger partial charge in [0.2, 0.25) is 0 Å². The minimum atomic E-state index is 0.822. The predicted octanol–water partition coefficient (Wildman–Crippen LogP) is 9.42. The molecule has 3 aromatic carbocycles. The number of nitrogens with two attached hydrogens (primary N) is 2. The summed E-state index contributed by atoms with van der Waals surface area (Å²) in [4.78, 5) is 0. The molecule has 0 aliphatic rings. The maximum atomic E-state index is 5.36. The first-order chi connectivity index (χ1) is 15.0. The van der Waals surface area contributed by atoms with E-state index in [0.717, 1.165) is 11.4 Å². The van der Waals surface area contributed by atoms with E-state index in [4.69, 9.17) is 11.5 Å². The quantitative estimate of drug-likeness (QED) is 0.352. The molecular formula is C29H50N2. The Morgan fingerprint density at radius 1 is 0.452 bits per heavy atom. The molecule has 0 unspecified atom stereocenters. The van der Waals surface area contributed by atoms with Gasteiger partial charge in [0.25, 0.3) is 0 Å². The second kappa shape index (κ2) is 34.7. The Hall–Kier alpha value is -2.74. The molecule has 31 heavy (non-hydrogen) atoms. The van der Waals surface area contributed by atoms with Crippen molar-refractivity contribution in [1.29, 1.82) is 0 Å². The van der Waals surface area contributed by atoms with Gasteiger partial charge in [-0.1, -0.05) is 141 Å². The van der Waals surface area contributed by atoms with Crippen LogP contribution in [0.25, 0.3) is 0 Å². The van der Waals surface area contributed by atoms with Gasteiger partial charge in [-0.3, -0.25) is 0 Å². The van der Waals surface area contributed by atoms with E-state index in [1.807, 2.05) is 107 Å². The van der Waals surface area contributed by atoms with Crippen LogP contribution in [0.15, 0.2) is 91.0 Å². The topological polar surface area (TPSA) is 52.0 Å². The van der Waals surface area contributed by atoms with Crippen molar-refractivity contribution in [2.24, 2.45) is 0 Å². The molecule has 3 rings (SSSR count). The fourth-order valence-electron chi connectivity index (χ4n) is 1.44. The maximum absolute atomic E-state index is 5.36. The van der Waals surface area contributed by atoms with Crippen molar-refractivity contribution >= 4 is 11.4 Å². The summed E-state index contributed by atoms with van der Waals surface area (Å²) in [5.41, 5.74) is 13.7. The van der Waals surface area contributed by atoms with Crippen molar-refractivity contribution < 1.29 is 0 Å². The van der Waals surface area contributed by atoms with Gasteiger partial charge in [-0.2, -0.15) is 0 Å². The van der Waals surface area contributed by atoms with Crippen molar-refractivity contribution in [3.63, 3.8) is 0 Å². The monoisotopic (exact) mass is 426 g/mol. The molecule has 0 fully saturated rings. The Kier molecular flexibility index (Phi) is 40.0. The molecule has 0 atom stereocenters. The highest BCUT2D eigenvalue weighted by Crippen LogP contribution is 1.96. The second-order valence-corrected chi connectivity index (χ2v) is 5.89. The Balaban J connectivity index is -0.000000147. The molecule has 0 spiro atoms. The lowest BCUT2D eigenvalue weighted by molar-refractivity contribution is 1.09. The molecule has 0 radical (unpaired) electrons. The summed E-state index contributed by atoms with van der Waals surface area (Å²) >= 11 is 0. The van der Waals surface area contributed by atoms with E-state index in [0.29, 0.717) is 0 Å². The molecule has 0 aliphatic carbocycles. The Labute approximate surface area is 194 Å². The minimum Gasteiger partial charge on any atom is -0.399 e. The zero-order chi connectivity index (χ0) is 24.8. The third-order valence-corrected chi connectivity index (χ3v) is 2.54. The van der Waals surface area contributed by atoms with Crippen LogP contribution in [-0.2, 0) is 0 Å². The molecular weight excluding hydrogens is 376 g/mol. The summed E-state index contributed by atoms with van der Waals surface area (Å²) < 4.78 is 0. The number of benzene rings is 3. The van der Waals surface area contributed by atoms with Crippen molar-refractivity contribution in [3.05, 3.63) is 96.6 Å². The summed E-state index contributed by atoms with van der Waals surface area (Å²) in [7, 11) is 0. The summed E-state index contributed by atoms with van der Waals surface area (Å²) in [6.07, 6.45) is 2.50. The Bertz CT molecular complexity index is 517. The molecule has 2 nitrogen and oxygen atoms in total. The lowest BCUT2D eigenvalue weighted by atomic mass is 10.2. The summed E-state index contributed by atoms with van der Waals surface area (Å²) in [5, 5.41) is 0. The highest BCUT2D eigenvalue weighted by Gasteiger charge is 1.73. The van der Waals surface area contributed by atoms with Gasteiger partial charge < -0.3 is 11.5 Å². The van der Waals surface area contributed by atoms with Crippen molar-refractivity contribution in [2.75, 3.05) is 11.5 Å². The number of para-hydroxylation sites is 2. The SMILES string of the molecule is CC.CC.CCC.CCC.Cc1ccccc1.Nc1ccccc1.Nc1ccccc1. The van der Waals surface area contributed by atoms with Gasteiger partial charge in [-0.15, -0.1) is 0 Å². The zero-order valence-corrected chi connectivity index (χ0v) is 21.7. The number of rotatable bonds is 0. The molecule has 2 heteroatoms. The maximum Gasteiger partial charge on any atom is 0.0313 e. The van der Waals surface area contributed by atoms with E-state index in [1.165, 1.54) is 18.4 Å². The highest BCUT2D eigenvalue weighted by atomic mass is 14.5. The summed E-state index contributed by atoms with van der Waals surface area (Å²) in [5.74, 6) is 0. The summed E-state index contributed by atoms with van der Waals surface area (Å²) in [6, 6.07) is 29.2. The number of anilines is 2. The van der Waals surface area contributed by atoms with E-state index >= 15 is 0 Å². The van der Waals surface area contributed by atoms with Gasteiger partial charge in [-0.25, -0.2) is 0 Å². The van der Waals surface area contributed by atoms with Crippen molar-refractivity contribution in [3.8, 4) is 0 Å². The fourth-order valence-corrected chi connectivity index (χ4v) is 1.44. The van der Waals surface area contributed by atoms with E-state index in [9.17, 15) is 0 Å². The van der Waals surface area contributed by atoms with Gasteiger partial charge in [0, 0.05) is 11.4 Å². The molecule has 0 saturated carbocycles. The first-order valence-electron chi connectivity index (χ1n) is 11.6. The number of hydrogen-bond donors (Lipinski definition) is 2. The average molecular weight is 427 g/mol. The van der Waals surface area contributed by atoms with Crippen molar-refractivity contribution in [1.82, 2.24) is 0 Å². The van der Waals surface area contributed by atoms with Crippen LogP contribution < -0.4 is 11.5 Å².